The van der Waals surface area contributed by atoms with E-state index in [0.29, 0.717) is 12.0 Å². The molecular weight excluding hydrogens is 574 g/mol. The van der Waals surface area contributed by atoms with E-state index in [1.54, 1.807) is 18.2 Å². The van der Waals surface area contributed by atoms with E-state index in [9.17, 15) is 28.7 Å². The summed E-state index contributed by atoms with van der Waals surface area (Å²) in [7, 11) is 1.40. The minimum absolute atomic E-state index is 0.0786. The number of rotatable bonds is 5. The first-order chi connectivity index (χ1) is 19.5. The Bertz CT molecular complexity index is 1530. The van der Waals surface area contributed by atoms with E-state index in [1.165, 1.54) is 30.2 Å². The van der Waals surface area contributed by atoms with Crippen LogP contribution in [0.15, 0.2) is 54.1 Å². The van der Waals surface area contributed by atoms with Crippen LogP contribution in [0.2, 0.25) is 0 Å². The van der Waals surface area contributed by atoms with Gasteiger partial charge in [-0.15, -0.1) is 23.2 Å². The number of alkyl halides is 2. The molecular formula is C30H27Cl2FN2O6. The van der Waals surface area contributed by atoms with Crippen LogP contribution in [0.25, 0.3) is 0 Å². The minimum atomic E-state index is -2.16. The van der Waals surface area contributed by atoms with Crippen molar-refractivity contribution < 1.29 is 33.4 Å². The predicted octanol–water partition coefficient (Wildman–Crippen LogP) is 4.51. The maximum absolute atomic E-state index is 14.3. The van der Waals surface area contributed by atoms with Crippen LogP contribution >= 0.6 is 23.2 Å². The van der Waals surface area contributed by atoms with Gasteiger partial charge in [0.2, 0.25) is 11.8 Å². The first-order valence-electron chi connectivity index (χ1n) is 13.4. The monoisotopic (exact) mass is 600 g/mol. The molecule has 4 amide bonds. The minimum Gasteiger partial charge on any atom is -0.508 e. The van der Waals surface area contributed by atoms with Crippen molar-refractivity contribution >= 4 is 52.5 Å². The number of benzene rings is 2. The molecule has 11 heteroatoms. The van der Waals surface area contributed by atoms with Gasteiger partial charge < -0.3 is 9.84 Å². The molecule has 2 aliphatic heterocycles. The van der Waals surface area contributed by atoms with E-state index in [-0.39, 0.29) is 54.0 Å². The third-order valence-electron chi connectivity index (χ3n) is 8.99. The number of aromatic hydroxyl groups is 1. The number of halogens is 3. The van der Waals surface area contributed by atoms with Crippen molar-refractivity contribution in [2.75, 3.05) is 18.6 Å². The summed E-state index contributed by atoms with van der Waals surface area (Å²) in [6, 6.07) is 9.35. The van der Waals surface area contributed by atoms with Crippen molar-refractivity contribution in [3.63, 3.8) is 0 Å². The second-order valence-corrected chi connectivity index (χ2v) is 12.2. The summed E-state index contributed by atoms with van der Waals surface area (Å²) < 4.78 is 19.3. The van der Waals surface area contributed by atoms with Gasteiger partial charge in [0.25, 0.3) is 11.8 Å². The summed E-state index contributed by atoms with van der Waals surface area (Å²) in [5.41, 5.74) is 0.766. The zero-order valence-electron chi connectivity index (χ0n) is 22.3. The first-order valence-corrected chi connectivity index (χ1v) is 14.2. The Morgan fingerprint density at radius 1 is 1.02 bits per heavy atom. The third-order valence-corrected chi connectivity index (χ3v) is 10.4. The molecule has 1 N–H and O–H groups in total. The molecule has 2 heterocycles. The van der Waals surface area contributed by atoms with Crippen LogP contribution in [0.5, 0.6) is 11.5 Å². The van der Waals surface area contributed by atoms with Gasteiger partial charge in [0.15, 0.2) is 9.75 Å². The second kappa shape index (κ2) is 9.56. The lowest BCUT2D eigenvalue weighted by molar-refractivity contribution is -0.140. The number of imide groups is 2. The Balaban J connectivity index is 1.59. The molecule has 214 valence electrons. The first kappa shape index (κ1) is 27.7. The van der Waals surface area contributed by atoms with Crippen LogP contribution in [0.4, 0.5) is 10.1 Å². The second-order valence-electron chi connectivity index (χ2n) is 11.0. The average molecular weight is 601 g/mol. The molecule has 2 aliphatic carbocycles. The van der Waals surface area contributed by atoms with Gasteiger partial charge in [-0.25, -0.2) is 9.29 Å². The molecule has 6 unspecified atom stereocenters. The Morgan fingerprint density at radius 3 is 2.39 bits per heavy atom. The molecule has 3 fully saturated rings. The van der Waals surface area contributed by atoms with Gasteiger partial charge in [-0.1, -0.05) is 24.6 Å². The van der Waals surface area contributed by atoms with Crippen LogP contribution in [-0.2, 0) is 19.2 Å². The Labute approximate surface area is 245 Å². The fourth-order valence-corrected chi connectivity index (χ4v) is 8.14. The highest BCUT2D eigenvalue weighted by Crippen LogP contribution is 2.67. The molecule has 2 saturated heterocycles. The van der Waals surface area contributed by atoms with E-state index in [2.05, 4.69) is 0 Å². The number of allylic oxidation sites excluding steroid dienone is 2. The van der Waals surface area contributed by atoms with Crippen molar-refractivity contribution in [1.82, 2.24) is 4.90 Å². The van der Waals surface area contributed by atoms with E-state index in [4.69, 9.17) is 27.9 Å². The van der Waals surface area contributed by atoms with Crippen LogP contribution in [-0.4, -0.2) is 57.0 Å². The molecule has 2 aromatic carbocycles. The number of anilines is 1. The lowest BCUT2D eigenvalue weighted by Crippen LogP contribution is -2.60. The number of methoxy groups -OCH3 is 1. The van der Waals surface area contributed by atoms with Crippen LogP contribution in [0, 0.1) is 23.6 Å². The zero-order valence-corrected chi connectivity index (χ0v) is 23.8. The number of nitrogens with zero attached hydrogens (tertiary/aromatic N) is 2. The highest BCUT2D eigenvalue weighted by atomic mass is 35.5. The Kier molecular flexibility index (Phi) is 6.46. The topological polar surface area (TPSA) is 104 Å². The number of hydrogen-bond acceptors (Lipinski definition) is 6. The van der Waals surface area contributed by atoms with Crippen LogP contribution in [0.3, 0.4) is 0 Å². The van der Waals surface area contributed by atoms with E-state index < -0.39 is 51.1 Å². The van der Waals surface area contributed by atoms with Crippen LogP contribution < -0.4 is 9.64 Å². The van der Waals surface area contributed by atoms with Gasteiger partial charge in [-0.2, -0.15) is 0 Å². The van der Waals surface area contributed by atoms with Gasteiger partial charge in [0.05, 0.1) is 24.6 Å². The third kappa shape index (κ3) is 3.57. The molecule has 0 spiro atoms. The fraction of sp³-hybridized carbons (Fsp3) is 0.400. The predicted molar refractivity (Wildman–Crippen MR) is 148 cm³/mol. The number of amides is 4. The zero-order chi connectivity index (χ0) is 29.4. The maximum atomic E-state index is 14.3. The number of hydrogen-bond donors (Lipinski definition) is 1. The number of fused-ring (bicyclic) bond motifs is 4. The fourth-order valence-electron chi connectivity index (χ4n) is 7.23. The summed E-state index contributed by atoms with van der Waals surface area (Å²) in [4.78, 5) is 53.3. The number of phenols is 1. The smallest absolute Gasteiger partial charge is 0.258 e. The summed E-state index contributed by atoms with van der Waals surface area (Å²) in [6.45, 7) is 2.14. The summed E-state index contributed by atoms with van der Waals surface area (Å²) in [6.07, 6.45) is 2.41. The lowest BCUT2D eigenvalue weighted by Gasteiger charge is -2.50. The van der Waals surface area contributed by atoms with Crippen molar-refractivity contribution in [2.24, 2.45) is 17.8 Å². The molecule has 1 saturated carbocycles. The van der Waals surface area contributed by atoms with Gasteiger partial charge in [0.1, 0.15) is 17.3 Å². The molecule has 0 bridgehead atoms. The Hall–Kier alpha value is -3.43. The number of likely N-dealkylation sites (tertiary alicyclic amines) is 1. The SMILES string of the molecule is CCCN1C(=O)C2CC=C3C(CC4(Cl)C(=O)N(c5ccc(F)cc5)C(=O)C4(Cl)C3c3c(O)cccc3OC)C2C1=O. The van der Waals surface area contributed by atoms with Crippen molar-refractivity contribution in [1.29, 1.82) is 0 Å². The maximum Gasteiger partial charge on any atom is 0.258 e. The Morgan fingerprint density at radius 2 is 1.73 bits per heavy atom. The molecule has 0 aromatic heterocycles. The quantitative estimate of drug-likeness (QED) is 0.307. The number of ether oxygens (including phenoxy) is 1. The van der Waals surface area contributed by atoms with Gasteiger partial charge in [-0.3, -0.25) is 24.1 Å². The highest BCUT2D eigenvalue weighted by Gasteiger charge is 2.77. The largest absolute Gasteiger partial charge is 0.508 e. The summed E-state index contributed by atoms with van der Waals surface area (Å²) in [5, 5.41) is 11.2. The van der Waals surface area contributed by atoms with E-state index in [0.717, 1.165) is 17.0 Å². The molecule has 41 heavy (non-hydrogen) atoms. The summed E-state index contributed by atoms with van der Waals surface area (Å²) in [5.74, 6) is -6.26. The number of carbonyl (C=O) groups excluding carboxylic acids is 4. The van der Waals surface area contributed by atoms with Gasteiger partial charge >= 0.3 is 0 Å². The number of carbonyl (C=O) groups is 4. The van der Waals surface area contributed by atoms with Crippen molar-refractivity contribution in [3.05, 3.63) is 65.5 Å². The van der Waals surface area contributed by atoms with Crippen LogP contribution in [0.1, 0.15) is 37.7 Å². The highest BCUT2D eigenvalue weighted by molar-refractivity contribution is 6.58. The molecule has 8 nitrogen and oxygen atoms in total. The molecule has 4 aliphatic rings. The standard InChI is InChI=1S/C30H27Cl2FN2O6/c1-3-13-34-25(37)18-12-11-17-19(22(18)26(34)38)14-29(31)27(39)35(16-9-7-15(33)8-10-16)28(40)30(29,32)24(17)23-20(36)5-4-6-21(23)41-2/h4-11,18-19,22,24,36H,3,12-14H2,1-2H3. The van der Waals surface area contributed by atoms with Crippen molar-refractivity contribution in [3.8, 4) is 11.5 Å². The lowest BCUT2D eigenvalue weighted by atomic mass is 9.56. The summed E-state index contributed by atoms with van der Waals surface area (Å²) >= 11 is 14.6. The van der Waals surface area contributed by atoms with E-state index in [1.807, 2.05) is 6.92 Å². The number of phenolic OH excluding ortho intramolecular Hbond substituents is 1. The molecule has 0 radical (unpaired) electrons. The molecule has 6 rings (SSSR count). The normalized spacial score (nSPS) is 32.6. The molecule has 2 aromatic rings. The average Bonchev–Trinajstić information content (AvgIpc) is 3.28. The van der Waals surface area contributed by atoms with Gasteiger partial charge in [0, 0.05) is 18.0 Å². The van der Waals surface area contributed by atoms with E-state index >= 15 is 0 Å². The molecule has 6 atom stereocenters. The van der Waals surface area contributed by atoms with Crippen molar-refractivity contribution in [2.45, 2.75) is 41.9 Å². The van der Waals surface area contributed by atoms with Gasteiger partial charge in [-0.05, 0) is 61.6 Å².